The molecule has 0 aliphatic carbocycles. The van der Waals surface area contributed by atoms with Gasteiger partial charge in [0.2, 0.25) is 0 Å². The summed E-state index contributed by atoms with van der Waals surface area (Å²) in [5.74, 6) is 0. The molecule has 0 N–H and O–H groups in total. The Kier molecular flexibility index (Phi) is 3.02. The molecule has 0 saturated heterocycles. The Balaban J connectivity index is 2.51. The van der Waals surface area contributed by atoms with Crippen molar-refractivity contribution in [2.24, 2.45) is 0 Å². The summed E-state index contributed by atoms with van der Waals surface area (Å²) < 4.78 is 24.1. The Morgan fingerprint density at radius 2 is 2.36 bits per heavy atom. The molecule has 1 aromatic carbocycles. The standard InChI is InChI=1S/C9H9F2/c10-7-9(11)6-8-4-2-1-3-5-8/h1-2,4-5,9H,6-7H2. The van der Waals surface area contributed by atoms with Crippen LogP contribution >= 0.6 is 0 Å². The minimum absolute atomic E-state index is 0.147. The van der Waals surface area contributed by atoms with Crippen molar-refractivity contribution < 1.29 is 8.78 Å². The first-order chi connectivity index (χ1) is 5.33. The zero-order chi connectivity index (χ0) is 8.10. The third-order valence-electron chi connectivity index (χ3n) is 1.40. The molecular weight excluding hydrogens is 146 g/mol. The fourth-order valence-corrected chi connectivity index (χ4v) is 0.868. The van der Waals surface area contributed by atoms with Crippen LogP contribution in [-0.2, 0) is 6.42 Å². The van der Waals surface area contributed by atoms with Crippen LogP contribution in [0.5, 0.6) is 0 Å². The van der Waals surface area contributed by atoms with Crippen LogP contribution in [0.3, 0.4) is 0 Å². The minimum atomic E-state index is -1.37. The monoisotopic (exact) mass is 155 g/mol. The molecule has 0 aromatic heterocycles. The third-order valence-corrected chi connectivity index (χ3v) is 1.40. The molecule has 2 heteroatoms. The Morgan fingerprint density at radius 1 is 1.55 bits per heavy atom. The molecular formula is C9H9F2. The van der Waals surface area contributed by atoms with E-state index < -0.39 is 12.8 Å². The summed E-state index contributed by atoms with van der Waals surface area (Å²) in [7, 11) is 0. The van der Waals surface area contributed by atoms with Gasteiger partial charge in [0.05, 0.1) is 0 Å². The van der Waals surface area contributed by atoms with Crippen LogP contribution in [0, 0.1) is 6.07 Å². The predicted octanol–water partition coefficient (Wildman–Crippen LogP) is 2.34. The van der Waals surface area contributed by atoms with Crippen molar-refractivity contribution in [1.82, 2.24) is 0 Å². The van der Waals surface area contributed by atoms with Crippen LogP contribution < -0.4 is 0 Å². The summed E-state index contributed by atoms with van der Waals surface area (Å²) in [6, 6.07) is 9.73. The lowest BCUT2D eigenvalue weighted by molar-refractivity contribution is 0.260. The van der Waals surface area contributed by atoms with Gasteiger partial charge in [-0.25, -0.2) is 8.78 Å². The van der Waals surface area contributed by atoms with E-state index in [1.54, 1.807) is 24.3 Å². The van der Waals surface area contributed by atoms with Gasteiger partial charge in [0.1, 0.15) is 12.8 Å². The summed E-state index contributed by atoms with van der Waals surface area (Å²) >= 11 is 0. The van der Waals surface area contributed by atoms with Crippen LogP contribution in [0.25, 0.3) is 0 Å². The van der Waals surface area contributed by atoms with Crippen molar-refractivity contribution in [2.45, 2.75) is 12.6 Å². The third kappa shape index (κ3) is 2.66. The summed E-state index contributed by atoms with van der Waals surface area (Å²) in [5.41, 5.74) is 0.789. The fourth-order valence-electron chi connectivity index (χ4n) is 0.868. The first-order valence-corrected chi connectivity index (χ1v) is 3.48. The highest BCUT2D eigenvalue weighted by Crippen LogP contribution is 2.05. The van der Waals surface area contributed by atoms with Gasteiger partial charge < -0.3 is 0 Å². The zero-order valence-electron chi connectivity index (χ0n) is 6.06. The van der Waals surface area contributed by atoms with Crippen LogP contribution in [0.4, 0.5) is 8.78 Å². The van der Waals surface area contributed by atoms with Gasteiger partial charge in [0, 0.05) is 6.42 Å². The normalized spacial score (nSPS) is 12.9. The largest absolute Gasteiger partial charge is 0.248 e. The molecule has 1 unspecified atom stereocenters. The average Bonchev–Trinajstić information content (AvgIpc) is 2.06. The lowest BCUT2D eigenvalue weighted by Gasteiger charge is -2.01. The maximum Gasteiger partial charge on any atom is 0.132 e. The number of alkyl halides is 2. The second-order valence-electron chi connectivity index (χ2n) is 2.37. The molecule has 1 aromatic rings. The van der Waals surface area contributed by atoms with Crippen molar-refractivity contribution in [2.75, 3.05) is 6.67 Å². The van der Waals surface area contributed by atoms with E-state index in [2.05, 4.69) is 6.07 Å². The predicted molar refractivity (Wildman–Crippen MR) is 39.9 cm³/mol. The Hall–Kier alpha value is -0.920. The molecule has 1 rings (SSSR count). The van der Waals surface area contributed by atoms with E-state index in [-0.39, 0.29) is 6.42 Å². The van der Waals surface area contributed by atoms with E-state index in [1.165, 1.54) is 0 Å². The van der Waals surface area contributed by atoms with Gasteiger partial charge >= 0.3 is 0 Å². The number of benzene rings is 1. The molecule has 1 radical (unpaired) electrons. The molecule has 1 atom stereocenters. The summed E-state index contributed by atoms with van der Waals surface area (Å²) in [6.07, 6.45) is -1.22. The number of hydrogen-bond donors (Lipinski definition) is 0. The van der Waals surface area contributed by atoms with Crippen LogP contribution in [0.2, 0.25) is 0 Å². The van der Waals surface area contributed by atoms with Gasteiger partial charge in [-0.1, -0.05) is 24.3 Å². The average molecular weight is 155 g/mol. The van der Waals surface area contributed by atoms with Crippen molar-refractivity contribution in [3.8, 4) is 0 Å². The smallest absolute Gasteiger partial charge is 0.132 e. The summed E-state index contributed by atoms with van der Waals surface area (Å²) in [4.78, 5) is 0. The Morgan fingerprint density at radius 3 is 2.91 bits per heavy atom. The molecule has 59 valence electrons. The molecule has 0 aliphatic heterocycles. The van der Waals surface area contributed by atoms with E-state index in [9.17, 15) is 8.78 Å². The van der Waals surface area contributed by atoms with Crippen molar-refractivity contribution in [1.29, 1.82) is 0 Å². The molecule has 11 heavy (non-hydrogen) atoms. The van der Waals surface area contributed by atoms with E-state index in [4.69, 9.17) is 0 Å². The highest BCUT2D eigenvalue weighted by molar-refractivity contribution is 5.14. The molecule has 0 fully saturated rings. The van der Waals surface area contributed by atoms with E-state index in [0.717, 1.165) is 5.56 Å². The SMILES string of the molecule is FCC(F)Cc1c[c]ccc1. The molecule has 0 nitrogen and oxygen atoms in total. The quantitative estimate of drug-likeness (QED) is 0.628. The molecule has 0 aliphatic rings. The second-order valence-corrected chi connectivity index (χ2v) is 2.37. The van der Waals surface area contributed by atoms with Gasteiger partial charge in [-0.15, -0.1) is 0 Å². The zero-order valence-corrected chi connectivity index (χ0v) is 6.06. The van der Waals surface area contributed by atoms with Crippen LogP contribution in [0.15, 0.2) is 24.3 Å². The minimum Gasteiger partial charge on any atom is -0.248 e. The number of halogens is 2. The number of rotatable bonds is 3. The summed E-state index contributed by atoms with van der Waals surface area (Å²) in [5, 5.41) is 0. The van der Waals surface area contributed by atoms with Gasteiger partial charge in [0.15, 0.2) is 0 Å². The van der Waals surface area contributed by atoms with Crippen LogP contribution in [-0.4, -0.2) is 12.8 Å². The molecule has 0 amide bonds. The molecule has 0 saturated carbocycles. The lowest BCUT2D eigenvalue weighted by Crippen LogP contribution is -2.06. The Labute approximate surface area is 64.9 Å². The van der Waals surface area contributed by atoms with Gasteiger partial charge in [-0.3, -0.25) is 0 Å². The van der Waals surface area contributed by atoms with Crippen LogP contribution in [0.1, 0.15) is 5.56 Å². The van der Waals surface area contributed by atoms with Gasteiger partial charge in [0.25, 0.3) is 0 Å². The van der Waals surface area contributed by atoms with Crippen molar-refractivity contribution in [3.63, 3.8) is 0 Å². The van der Waals surface area contributed by atoms with E-state index in [1.807, 2.05) is 0 Å². The summed E-state index contributed by atoms with van der Waals surface area (Å²) in [6.45, 7) is -0.908. The molecule has 0 heterocycles. The van der Waals surface area contributed by atoms with Crippen molar-refractivity contribution >= 4 is 0 Å². The number of hydrogen-bond acceptors (Lipinski definition) is 0. The Bertz CT molecular complexity index is 196. The first kappa shape index (κ1) is 8.18. The lowest BCUT2D eigenvalue weighted by atomic mass is 10.1. The van der Waals surface area contributed by atoms with E-state index >= 15 is 0 Å². The maximum absolute atomic E-state index is 12.4. The van der Waals surface area contributed by atoms with Gasteiger partial charge in [-0.05, 0) is 11.6 Å². The van der Waals surface area contributed by atoms with Crippen molar-refractivity contribution in [3.05, 3.63) is 35.9 Å². The first-order valence-electron chi connectivity index (χ1n) is 3.48. The maximum atomic E-state index is 12.4. The molecule has 0 spiro atoms. The topological polar surface area (TPSA) is 0 Å². The fraction of sp³-hybridized carbons (Fsp3) is 0.333. The van der Waals surface area contributed by atoms with Gasteiger partial charge in [-0.2, -0.15) is 0 Å². The second kappa shape index (κ2) is 4.06. The highest BCUT2D eigenvalue weighted by Gasteiger charge is 2.05. The highest BCUT2D eigenvalue weighted by atomic mass is 19.2. The van der Waals surface area contributed by atoms with E-state index in [0.29, 0.717) is 0 Å². The molecule has 0 bridgehead atoms.